The molecule has 0 aromatic carbocycles. The van der Waals surface area contributed by atoms with Crippen molar-refractivity contribution >= 4 is 40.5 Å². The van der Waals surface area contributed by atoms with Crippen LogP contribution < -0.4 is 42.5 Å². The Hall–Kier alpha value is 0.0343. The average molecular weight is 917 g/mol. The second-order valence-electron chi connectivity index (χ2n) is 18.0. The van der Waals surface area contributed by atoms with Gasteiger partial charge in [0.05, 0.1) is 90.6 Å². The molecular formula is C32H52N8O12S4Ti. The molecule has 0 radical (unpaired) electrons. The van der Waals surface area contributed by atoms with Gasteiger partial charge in [-0.15, -0.1) is 0 Å². The van der Waals surface area contributed by atoms with E-state index in [9.17, 15) is 51.9 Å². The first kappa shape index (κ1) is 43.7. The minimum absolute atomic E-state index is 0. The second-order valence-corrected chi connectivity index (χ2v) is 24.1. The molecule has 0 aromatic rings. The quantitative estimate of drug-likeness (QED) is 0.101. The number of hydrogen-bond acceptors (Lipinski definition) is 20. The van der Waals surface area contributed by atoms with E-state index in [1.165, 1.54) is 0 Å². The molecule has 5 saturated heterocycles. The number of rotatable bonds is 4. The second kappa shape index (κ2) is 15.7. The predicted molar refractivity (Wildman–Crippen MR) is 193 cm³/mol. The van der Waals surface area contributed by atoms with Crippen LogP contribution in [-0.2, 0) is 62.2 Å². The zero-order valence-corrected chi connectivity index (χ0v) is 35.9. The molecule has 20 nitrogen and oxygen atoms in total. The van der Waals surface area contributed by atoms with E-state index in [0.717, 1.165) is 77.0 Å². The molecule has 20 unspecified atom stereocenters. The first-order valence-corrected chi connectivity index (χ1v) is 26.1. The molecule has 4 saturated carbocycles. The van der Waals surface area contributed by atoms with Gasteiger partial charge in [-0.1, -0.05) is 38.5 Å². The van der Waals surface area contributed by atoms with Crippen molar-refractivity contribution in [2.24, 2.45) is 47.3 Å². The average Bonchev–Trinajstić information content (AvgIpc) is 3.84. The topological polar surface area (TPSA) is 325 Å². The molecule has 5 aliphatic heterocycles. The molecule has 9 aliphatic rings. The molecule has 20 atom stereocenters. The molecule has 5 heterocycles. The Labute approximate surface area is 349 Å². The smallest absolute Gasteiger partial charge is 0.748 e. The summed E-state index contributed by atoms with van der Waals surface area (Å²) >= 11 is 0. The SMILES string of the molecule is O=S(=O)([O-])C1C2C3NC4NC(NC5NC(NC6NC(NC(N3)C2C(S(=O)(=O)[O-])C(S(=O)(=O)[O-])C1S(=O)(=O)[O-])C1CCCCC61)C1CCCCC51)C1CCCCC41.[Ti+4]. The molecule has 0 amide bonds. The van der Waals surface area contributed by atoms with Gasteiger partial charge in [-0.3, -0.25) is 42.5 Å². The van der Waals surface area contributed by atoms with Gasteiger partial charge in [-0.05, 0) is 74.0 Å². The Balaban J connectivity index is 0.00000455. The minimum atomic E-state index is -6.22. The molecule has 25 heteroatoms. The van der Waals surface area contributed by atoms with E-state index in [0.29, 0.717) is 11.8 Å². The van der Waals surface area contributed by atoms with Crippen LogP contribution in [0.15, 0.2) is 0 Å². The van der Waals surface area contributed by atoms with Crippen LogP contribution in [0.25, 0.3) is 0 Å². The van der Waals surface area contributed by atoms with Crippen molar-refractivity contribution in [1.82, 2.24) is 42.5 Å². The normalized spacial score (nSPS) is 50.2. The van der Waals surface area contributed by atoms with Crippen molar-refractivity contribution in [2.75, 3.05) is 0 Å². The van der Waals surface area contributed by atoms with Crippen molar-refractivity contribution in [3.05, 3.63) is 0 Å². The van der Waals surface area contributed by atoms with Crippen LogP contribution in [0, 0.1) is 47.3 Å². The summed E-state index contributed by atoms with van der Waals surface area (Å²) in [6.45, 7) is 0. The summed E-state index contributed by atoms with van der Waals surface area (Å²) in [4.78, 5) is 0. The monoisotopic (exact) mass is 916 g/mol. The van der Waals surface area contributed by atoms with Crippen molar-refractivity contribution in [3.63, 3.8) is 0 Å². The van der Waals surface area contributed by atoms with Gasteiger partial charge in [0.15, 0.2) is 0 Å². The summed E-state index contributed by atoms with van der Waals surface area (Å²) in [6.07, 6.45) is 6.60. The Morgan fingerprint density at radius 1 is 0.298 bits per heavy atom. The molecule has 57 heavy (non-hydrogen) atoms. The zero-order chi connectivity index (χ0) is 39.7. The first-order chi connectivity index (χ1) is 26.3. The molecule has 8 N–H and O–H groups in total. The summed E-state index contributed by atoms with van der Waals surface area (Å²) < 4.78 is 157. The fourth-order valence-corrected chi connectivity index (χ4v) is 20.5. The van der Waals surface area contributed by atoms with Crippen molar-refractivity contribution < 1.29 is 73.6 Å². The maximum absolute atomic E-state index is 13.3. The Morgan fingerprint density at radius 3 is 0.667 bits per heavy atom. The Morgan fingerprint density at radius 2 is 0.474 bits per heavy atom. The zero-order valence-electron chi connectivity index (χ0n) is 31.1. The van der Waals surface area contributed by atoms with Crippen LogP contribution in [0.5, 0.6) is 0 Å². The third-order valence-electron chi connectivity index (χ3n) is 15.3. The molecule has 4 aliphatic carbocycles. The summed E-state index contributed by atoms with van der Waals surface area (Å²) in [7, 11) is -24.4. The summed E-state index contributed by atoms with van der Waals surface area (Å²) in [5.74, 6) is -3.14. The maximum atomic E-state index is 13.3. The summed E-state index contributed by atoms with van der Waals surface area (Å²) in [5, 5.41) is 16.2. The van der Waals surface area contributed by atoms with E-state index >= 15 is 0 Å². The van der Waals surface area contributed by atoms with Crippen LogP contribution in [0.1, 0.15) is 77.0 Å². The van der Waals surface area contributed by atoms with Gasteiger partial charge in [-0.25, -0.2) is 33.7 Å². The standard InChI is InChI=1S/C32H56N8O12S4.Ti/c41-53(42,43)21-19-20(22(54(44,45)46)24(56(50,51)52)23(21)55(47,48)49)32-39-30-18-12-6-4-10-16(18)28(37-30)35-26-14-8-2-1-7-13(14)25(33-26)34-27-15-9-3-5-11-17(15)29(36-27)38-31(19)40-32;/h13-40H,1-12H2,(H,41,42,43)(H,44,45,46)(H,47,48,49)(H,50,51,52);/q;+4/p-4. The third kappa shape index (κ3) is 7.78. The van der Waals surface area contributed by atoms with E-state index < -0.39 is 98.0 Å². The molecule has 9 fully saturated rings. The van der Waals surface area contributed by atoms with Gasteiger partial charge in [0.1, 0.15) is 20.2 Å². The van der Waals surface area contributed by atoms with Gasteiger partial charge in [0, 0.05) is 11.8 Å². The fourth-order valence-electron chi connectivity index (χ4n) is 13.4. The van der Waals surface area contributed by atoms with Crippen LogP contribution in [0.3, 0.4) is 0 Å². The van der Waals surface area contributed by atoms with E-state index in [-0.39, 0.29) is 70.1 Å². The molecule has 0 aromatic heterocycles. The molecule has 320 valence electrons. The third-order valence-corrected chi connectivity index (χ3v) is 20.9. The van der Waals surface area contributed by atoms with Crippen LogP contribution in [-0.4, -0.2) is 122 Å². The first-order valence-electron chi connectivity index (χ1n) is 20.2. The maximum Gasteiger partial charge on any atom is 4.00 e. The van der Waals surface area contributed by atoms with E-state index in [4.69, 9.17) is 0 Å². The minimum Gasteiger partial charge on any atom is -0.748 e. The number of hydrogen-bond donors (Lipinski definition) is 8. The van der Waals surface area contributed by atoms with Crippen LogP contribution in [0.4, 0.5) is 0 Å². The van der Waals surface area contributed by atoms with Crippen molar-refractivity contribution in [2.45, 2.75) is 147 Å². The molecule has 8 bridgehead atoms. The number of fused-ring (bicyclic) bond motifs is 20. The van der Waals surface area contributed by atoms with Crippen molar-refractivity contribution in [3.8, 4) is 0 Å². The van der Waals surface area contributed by atoms with Gasteiger partial charge in [0.25, 0.3) is 0 Å². The largest absolute Gasteiger partial charge is 4.00 e. The molecule has 0 spiro atoms. The van der Waals surface area contributed by atoms with Gasteiger partial charge in [0.2, 0.25) is 0 Å². The predicted octanol–water partition coefficient (Wildman–Crippen LogP) is -3.30. The molecule has 9 rings (SSSR count). The van der Waals surface area contributed by atoms with Gasteiger partial charge < -0.3 is 18.2 Å². The Bertz CT molecular complexity index is 1850. The van der Waals surface area contributed by atoms with Crippen LogP contribution in [0.2, 0.25) is 0 Å². The summed E-state index contributed by atoms with van der Waals surface area (Å²) in [6, 6.07) is 0. The number of nitrogens with one attached hydrogen (secondary N) is 8. The van der Waals surface area contributed by atoms with Crippen LogP contribution >= 0.6 is 0 Å². The van der Waals surface area contributed by atoms with E-state index in [1.807, 2.05) is 0 Å². The summed E-state index contributed by atoms with van der Waals surface area (Å²) in [5.41, 5.74) is 0. The van der Waals surface area contributed by atoms with E-state index in [2.05, 4.69) is 42.5 Å². The van der Waals surface area contributed by atoms with E-state index in [1.54, 1.807) is 0 Å². The van der Waals surface area contributed by atoms with Crippen molar-refractivity contribution in [1.29, 1.82) is 0 Å². The van der Waals surface area contributed by atoms with Gasteiger partial charge >= 0.3 is 21.7 Å². The molecular weight excluding hydrogens is 865 g/mol. The van der Waals surface area contributed by atoms with Gasteiger partial charge in [-0.2, -0.15) is 0 Å². The Kier molecular flexibility index (Phi) is 12.0. The fraction of sp³-hybridized carbons (Fsp3) is 1.00.